The van der Waals surface area contributed by atoms with Crippen molar-refractivity contribution >= 4 is 11.6 Å². The van der Waals surface area contributed by atoms with Crippen molar-refractivity contribution in [2.75, 3.05) is 32.1 Å². The predicted molar refractivity (Wildman–Crippen MR) is 85.8 cm³/mol. The van der Waals surface area contributed by atoms with Gasteiger partial charge in [0.2, 0.25) is 5.91 Å². The Balaban J connectivity index is 2.09. The molecular weight excluding hydrogens is 280 g/mol. The Morgan fingerprint density at radius 3 is 2.41 bits per heavy atom. The van der Waals surface area contributed by atoms with E-state index in [-0.39, 0.29) is 11.3 Å². The van der Waals surface area contributed by atoms with Crippen molar-refractivity contribution in [3.05, 3.63) is 18.2 Å². The van der Waals surface area contributed by atoms with Crippen LogP contribution in [0.15, 0.2) is 12.4 Å². The average Bonchev–Trinajstić information content (AvgIpc) is 2.48. The van der Waals surface area contributed by atoms with Gasteiger partial charge in [0.25, 0.3) is 0 Å². The SMILES string of the molecule is COCC1(C(=O)Nc2cnc(C(C)(C)C)nc2)CCNCC1. The van der Waals surface area contributed by atoms with Gasteiger partial charge in [-0.25, -0.2) is 9.97 Å². The Bertz CT molecular complexity index is 496. The van der Waals surface area contributed by atoms with Crippen molar-refractivity contribution in [3.8, 4) is 0 Å². The highest BCUT2D eigenvalue weighted by molar-refractivity contribution is 5.95. The minimum Gasteiger partial charge on any atom is -0.384 e. The number of hydrogen-bond donors (Lipinski definition) is 2. The van der Waals surface area contributed by atoms with Gasteiger partial charge in [-0.05, 0) is 25.9 Å². The molecule has 1 aromatic heterocycles. The number of aromatic nitrogens is 2. The van der Waals surface area contributed by atoms with Gasteiger partial charge in [-0.15, -0.1) is 0 Å². The normalized spacial score (nSPS) is 18.0. The van der Waals surface area contributed by atoms with Crippen LogP contribution in [0.2, 0.25) is 0 Å². The molecule has 0 atom stereocenters. The molecule has 0 aromatic carbocycles. The summed E-state index contributed by atoms with van der Waals surface area (Å²) in [4.78, 5) is 21.4. The van der Waals surface area contributed by atoms with E-state index in [0.29, 0.717) is 12.3 Å². The van der Waals surface area contributed by atoms with Crippen LogP contribution in [0.4, 0.5) is 5.69 Å². The fourth-order valence-corrected chi connectivity index (χ4v) is 2.66. The van der Waals surface area contributed by atoms with Gasteiger partial charge >= 0.3 is 0 Å². The molecular formula is C16H26N4O2. The minimum absolute atomic E-state index is 0.0111. The maximum absolute atomic E-state index is 12.7. The van der Waals surface area contributed by atoms with Gasteiger partial charge < -0.3 is 15.4 Å². The average molecular weight is 306 g/mol. The second kappa shape index (κ2) is 6.71. The van der Waals surface area contributed by atoms with E-state index in [0.717, 1.165) is 31.8 Å². The summed E-state index contributed by atoms with van der Waals surface area (Å²) in [7, 11) is 1.64. The third-order valence-corrected chi connectivity index (χ3v) is 4.04. The number of methoxy groups -OCH3 is 1. The number of nitrogens with zero attached hydrogens (tertiary/aromatic N) is 2. The van der Waals surface area contributed by atoms with Crippen molar-refractivity contribution in [3.63, 3.8) is 0 Å². The molecule has 2 N–H and O–H groups in total. The molecule has 0 bridgehead atoms. The van der Waals surface area contributed by atoms with Crippen molar-refractivity contribution in [1.82, 2.24) is 15.3 Å². The molecule has 1 fully saturated rings. The molecule has 6 heteroatoms. The van der Waals surface area contributed by atoms with Crippen molar-refractivity contribution < 1.29 is 9.53 Å². The van der Waals surface area contributed by atoms with E-state index in [4.69, 9.17) is 4.74 Å². The number of anilines is 1. The molecule has 0 aliphatic carbocycles. The standard InChI is InChI=1S/C16H26N4O2/c1-15(2,3)13-18-9-12(10-19-13)20-14(21)16(11-22-4)5-7-17-8-6-16/h9-10,17H,5-8,11H2,1-4H3,(H,20,21). The molecule has 122 valence electrons. The van der Waals surface area contributed by atoms with Crippen LogP contribution < -0.4 is 10.6 Å². The van der Waals surface area contributed by atoms with Gasteiger partial charge in [0.05, 0.1) is 30.1 Å². The summed E-state index contributed by atoms with van der Waals surface area (Å²) < 4.78 is 5.29. The van der Waals surface area contributed by atoms with Crippen LogP contribution in [-0.4, -0.2) is 42.7 Å². The Morgan fingerprint density at radius 2 is 1.91 bits per heavy atom. The lowest BCUT2D eigenvalue weighted by molar-refractivity contribution is -0.130. The summed E-state index contributed by atoms with van der Waals surface area (Å²) >= 11 is 0. The molecule has 1 aliphatic rings. The number of nitrogens with one attached hydrogen (secondary N) is 2. The smallest absolute Gasteiger partial charge is 0.233 e. The van der Waals surface area contributed by atoms with Crippen molar-refractivity contribution in [2.24, 2.45) is 5.41 Å². The fourth-order valence-electron chi connectivity index (χ4n) is 2.66. The van der Waals surface area contributed by atoms with Gasteiger partial charge in [-0.1, -0.05) is 20.8 Å². The Labute approximate surface area is 132 Å². The third-order valence-electron chi connectivity index (χ3n) is 4.04. The van der Waals surface area contributed by atoms with E-state index in [1.807, 2.05) is 0 Å². The largest absolute Gasteiger partial charge is 0.384 e. The number of piperidine rings is 1. The molecule has 0 unspecified atom stereocenters. The van der Waals surface area contributed by atoms with Crippen LogP contribution in [0.25, 0.3) is 0 Å². The van der Waals surface area contributed by atoms with Crippen LogP contribution >= 0.6 is 0 Å². The summed E-state index contributed by atoms with van der Waals surface area (Å²) in [6.45, 7) is 8.27. The Kier molecular flexibility index (Phi) is 5.13. The maximum Gasteiger partial charge on any atom is 0.233 e. The second-order valence-electron chi connectivity index (χ2n) is 6.96. The molecule has 0 spiro atoms. The fraction of sp³-hybridized carbons (Fsp3) is 0.688. The number of carbonyl (C=O) groups excluding carboxylic acids is 1. The summed E-state index contributed by atoms with van der Waals surface area (Å²) in [6, 6.07) is 0. The maximum atomic E-state index is 12.7. The lowest BCUT2D eigenvalue weighted by Gasteiger charge is -2.35. The van der Waals surface area contributed by atoms with Crippen LogP contribution in [0.3, 0.4) is 0 Å². The quantitative estimate of drug-likeness (QED) is 0.886. The van der Waals surface area contributed by atoms with Gasteiger partial charge in [-0.3, -0.25) is 4.79 Å². The van der Waals surface area contributed by atoms with Crippen molar-refractivity contribution in [1.29, 1.82) is 0 Å². The molecule has 1 aromatic rings. The number of rotatable bonds is 4. The van der Waals surface area contributed by atoms with E-state index in [1.165, 1.54) is 0 Å². The molecule has 0 saturated carbocycles. The first-order valence-electron chi connectivity index (χ1n) is 7.71. The van der Waals surface area contributed by atoms with Gasteiger partial charge in [0, 0.05) is 12.5 Å². The van der Waals surface area contributed by atoms with Crippen LogP contribution in [0, 0.1) is 5.41 Å². The van der Waals surface area contributed by atoms with Crippen LogP contribution in [0.5, 0.6) is 0 Å². The number of ether oxygens (including phenoxy) is 1. The number of carbonyl (C=O) groups is 1. The molecule has 2 heterocycles. The molecule has 22 heavy (non-hydrogen) atoms. The minimum atomic E-state index is -0.470. The summed E-state index contributed by atoms with van der Waals surface area (Å²) in [5.74, 6) is 0.752. The summed E-state index contributed by atoms with van der Waals surface area (Å²) in [5.41, 5.74) is 0.0596. The predicted octanol–water partition coefficient (Wildman–Crippen LogP) is 1.73. The van der Waals surface area contributed by atoms with Crippen molar-refractivity contribution in [2.45, 2.75) is 39.0 Å². The van der Waals surface area contributed by atoms with E-state index >= 15 is 0 Å². The molecule has 2 rings (SSSR count). The zero-order valence-electron chi connectivity index (χ0n) is 13.9. The highest BCUT2D eigenvalue weighted by atomic mass is 16.5. The Morgan fingerprint density at radius 1 is 1.32 bits per heavy atom. The zero-order valence-corrected chi connectivity index (χ0v) is 13.9. The molecule has 1 aliphatic heterocycles. The Hall–Kier alpha value is -1.53. The monoisotopic (exact) mass is 306 g/mol. The van der Waals surface area contributed by atoms with E-state index < -0.39 is 5.41 Å². The van der Waals surface area contributed by atoms with E-state index in [2.05, 4.69) is 41.4 Å². The van der Waals surface area contributed by atoms with Crippen LogP contribution in [0.1, 0.15) is 39.4 Å². The van der Waals surface area contributed by atoms with Gasteiger partial charge in [0.1, 0.15) is 5.82 Å². The summed E-state index contributed by atoms with van der Waals surface area (Å²) in [5, 5.41) is 6.22. The number of amides is 1. The molecule has 0 radical (unpaired) electrons. The first-order valence-corrected chi connectivity index (χ1v) is 7.71. The lowest BCUT2D eigenvalue weighted by Crippen LogP contribution is -2.47. The first kappa shape index (κ1) is 16.8. The third kappa shape index (κ3) is 3.81. The second-order valence-corrected chi connectivity index (χ2v) is 6.96. The zero-order chi connectivity index (χ0) is 16.2. The highest BCUT2D eigenvalue weighted by Crippen LogP contribution is 2.30. The molecule has 6 nitrogen and oxygen atoms in total. The van der Waals surface area contributed by atoms with Crippen LogP contribution in [-0.2, 0) is 14.9 Å². The summed E-state index contributed by atoms with van der Waals surface area (Å²) in [6.07, 6.45) is 4.89. The lowest BCUT2D eigenvalue weighted by atomic mass is 9.78. The first-order chi connectivity index (χ1) is 10.4. The van der Waals surface area contributed by atoms with Gasteiger partial charge in [-0.2, -0.15) is 0 Å². The molecule has 1 amide bonds. The number of hydrogen-bond acceptors (Lipinski definition) is 5. The van der Waals surface area contributed by atoms with E-state index in [1.54, 1.807) is 19.5 Å². The van der Waals surface area contributed by atoms with Gasteiger partial charge in [0.15, 0.2) is 0 Å². The van der Waals surface area contributed by atoms with E-state index in [9.17, 15) is 4.79 Å². The topological polar surface area (TPSA) is 76.1 Å². The highest BCUT2D eigenvalue weighted by Gasteiger charge is 2.39. The molecule has 1 saturated heterocycles.